The summed E-state index contributed by atoms with van der Waals surface area (Å²) >= 11 is 0. The summed E-state index contributed by atoms with van der Waals surface area (Å²) in [5.41, 5.74) is 9.02. The van der Waals surface area contributed by atoms with Crippen molar-refractivity contribution in [1.29, 1.82) is 0 Å². The number of anilines is 1. The summed E-state index contributed by atoms with van der Waals surface area (Å²) in [7, 11) is 0. The predicted octanol–water partition coefficient (Wildman–Crippen LogP) is 2.50. The van der Waals surface area contributed by atoms with Crippen LogP contribution in [0.25, 0.3) is 0 Å². The quantitative estimate of drug-likeness (QED) is 0.613. The van der Waals surface area contributed by atoms with Crippen molar-refractivity contribution >= 4 is 5.69 Å². The smallest absolute Gasteiger partial charge is 0.105 e. The molecular weight excluding hydrogens is 212 g/mol. The summed E-state index contributed by atoms with van der Waals surface area (Å²) in [5.74, 6) is 1.02. The lowest BCUT2D eigenvalue weighted by atomic mass is 10.1. The maximum atomic E-state index is 5.77. The molecule has 17 heavy (non-hydrogen) atoms. The summed E-state index contributed by atoms with van der Waals surface area (Å²) in [6, 6.07) is 10.0. The fraction of sp³-hybridized carbons (Fsp3) is 0.286. The van der Waals surface area contributed by atoms with Gasteiger partial charge in [-0.15, -0.1) is 0 Å². The van der Waals surface area contributed by atoms with Crippen LogP contribution in [0.2, 0.25) is 0 Å². The molecule has 2 aromatic rings. The number of nitrogens with one attached hydrogen (secondary N) is 1. The minimum atomic E-state index is 0.851. The van der Waals surface area contributed by atoms with E-state index in [1.165, 1.54) is 5.56 Å². The molecule has 3 N–H and O–H groups in total. The van der Waals surface area contributed by atoms with Gasteiger partial charge in [0.15, 0.2) is 0 Å². The Morgan fingerprint density at radius 3 is 2.88 bits per heavy atom. The second kappa shape index (κ2) is 5.55. The van der Waals surface area contributed by atoms with E-state index in [4.69, 9.17) is 10.2 Å². The topological polar surface area (TPSA) is 51.2 Å². The summed E-state index contributed by atoms with van der Waals surface area (Å²) < 4.78 is 5.26. The third-order valence-electron chi connectivity index (χ3n) is 2.79. The van der Waals surface area contributed by atoms with Crippen LogP contribution in [0.15, 0.2) is 41.0 Å². The zero-order chi connectivity index (χ0) is 12.1. The SMILES string of the molecule is Cc1cc(CNCCc2ccco2)ccc1N. The van der Waals surface area contributed by atoms with E-state index in [2.05, 4.69) is 17.4 Å². The first-order chi connectivity index (χ1) is 8.25. The molecule has 3 heteroatoms. The van der Waals surface area contributed by atoms with Gasteiger partial charge in [-0.2, -0.15) is 0 Å². The Bertz CT molecular complexity index is 463. The van der Waals surface area contributed by atoms with Crippen LogP contribution in [0, 0.1) is 6.92 Å². The van der Waals surface area contributed by atoms with E-state index in [9.17, 15) is 0 Å². The molecule has 0 spiro atoms. The Kier molecular flexibility index (Phi) is 3.83. The van der Waals surface area contributed by atoms with E-state index in [0.717, 1.165) is 36.5 Å². The monoisotopic (exact) mass is 230 g/mol. The lowest BCUT2D eigenvalue weighted by molar-refractivity contribution is 0.499. The van der Waals surface area contributed by atoms with Crippen molar-refractivity contribution in [1.82, 2.24) is 5.32 Å². The Balaban J connectivity index is 1.76. The number of nitrogen functional groups attached to an aromatic ring is 1. The number of nitrogens with two attached hydrogens (primary N) is 1. The summed E-state index contributed by atoms with van der Waals surface area (Å²) in [6.07, 6.45) is 2.62. The van der Waals surface area contributed by atoms with E-state index >= 15 is 0 Å². The summed E-state index contributed by atoms with van der Waals surface area (Å²) in [6.45, 7) is 3.81. The molecule has 1 aromatic heterocycles. The van der Waals surface area contributed by atoms with Crippen molar-refractivity contribution < 1.29 is 4.42 Å². The molecule has 0 saturated heterocycles. The first kappa shape index (κ1) is 11.7. The van der Waals surface area contributed by atoms with Crippen molar-refractivity contribution in [3.8, 4) is 0 Å². The van der Waals surface area contributed by atoms with Crippen molar-refractivity contribution in [2.45, 2.75) is 19.9 Å². The molecule has 0 fully saturated rings. The highest BCUT2D eigenvalue weighted by Crippen LogP contribution is 2.12. The molecule has 0 bridgehead atoms. The highest BCUT2D eigenvalue weighted by molar-refractivity contribution is 5.47. The molecule has 1 aromatic carbocycles. The lowest BCUT2D eigenvalue weighted by Gasteiger charge is -2.06. The standard InChI is InChI=1S/C14H18N2O/c1-11-9-12(4-5-14(11)15)10-16-7-6-13-3-2-8-17-13/h2-5,8-9,16H,6-7,10,15H2,1H3. The second-order valence-corrected chi connectivity index (χ2v) is 4.20. The largest absolute Gasteiger partial charge is 0.469 e. The molecule has 1 heterocycles. The van der Waals surface area contributed by atoms with Crippen molar-refractivity contribution in [3.05, 3.63) is 53.5 Å². The molecule has 0 aliphatic carbocycles. The van der Waals surface area contributed by atoms with Crippen LogP contribution in [0.5, 0.6) is 0 Å². The molecule has 0 atom stereocenters. The molecular formula is C14H18N2O. The number of aryl methyl sites for hydroxylation is 1. The summed E-state index contributed by atoms with van der Waals surface area (Å²) in [4.78, 5) is 0. The number of furan rings is 1. The van der Waals surface area contributed by atoms with Crippen molar-refractivity contribution in [2.24, 2.45) is 0 Å². The maximum Gasteiger partial charge on any atom is 0.105 e. The Morgan fingerprint density at radius 2 is 2.18 bits per heavy atom. The second-order valence-electron chi connectivity index (χ2n) is 4.20. The van der Waals surface area contributed by atoms with Gasteiger partial charge in [0.1, 0.15) is 5.76 Å². The van der Waals surface area contributed by atoms with E-state index in [1.807, 2.05) is 25.1 Å². The van der Waals surface area contributed by atoms with Crippen LogP contribution >= 0.6 is 0 Å². The number of hydrogen-bond donors (Lipinski definition) is 2. The fourth-order valence-corrected chi connectivity index (χ4v) is 1.75. The lowest BCUT2D eigenvalue weighted by Crippen LogP contribution is -2.16. The van der Waals surface area contributed by atoms with Gasteiger partial charge in [-0.25, -0.2) is 0 Å². The van der Waals surface area contributed by atoms with Gasteiger partial charge in [-0.05, 0) is 36.2 Å². The van der Waals surface area contributed by atoms with Crippen molar-refractivity contribution in [2.75, 3.05) is 12.3 Å². The average molecular weight is 230 g/mol. The first-order valence-corrected chi connectivity index (χ1v) is 5.84. The van der Waals surface area contributed by atoms with Gasteiger partial charge in [-0.3, -0.25) is 0 Å². The van der Waals surface area contributed by atoms with Gasteiger partial charge in [0.25, 0.3) is 0 Å². The molecule has 90 valence electrons. The fourth-order valence-electron chi connectivity index (χ4n) is 1.75. The Labute approximate surface area is 102 Å². The number of hydrogen-bond acceptors (Lipinski definition) is 3. The van der Waals surface area contributed by atoms with Crippen LogP contribution < -0.4 is 11.1 Å². The molecule has 3 nitrogen and oxygen atoms in total. The van der Waals surface area contributed by atoms with Crippen molar-refractivity contribution in [3.63, 3.8) is 0 Å². The zero-order valence-electron chi connectivity index (χ0n) is 10.1. The first-order valence-electron chi connectivity index (χ1n) is 5.84. The summed E-state index contributed by atoms with van der Waals surface area (Å²) in [5, 5.41) is 3.39. The van der Waals surface area contributed by atoms with Crippen LogP contribution in [-0.2, 0) is 13.0 Å². The van der Waals surface area contributed by atoms with E-state index in [-0.39, 0.29) is 0 Å². The molecule has 0 amide bonds. The molecule has 0 saturated carbocycles. The zero-order valence-corrected chi connectivity index (χ0v) is 10.1. The molecule has 0 unspecified atom stereocenters. The highest BCUT2D eigenvalue weighted by Gasteiger charge is 1.98. The van der Waals surface area contributed by atoms with Crippen LogP contribution in [0.4, 0.5) is 5.69 Å². The van der Waals surface area contributed by atoms with Crippen LogP contribution in [-0.4, -0.2) is 6.54 Å². The molecule has 2 rings (SSSR count). The Hall–Kier alpha value is -1.74. The van der Waals surface area contributed by atoms with Gasteiger partial charge in [0, 0.05) is 25.2 Å². The molecule has 0 radical (unpaired) electrons. The van der Waals surface area contributed by atoms with E-state index in [1.54, 1.807) is 6.26 Å². The van der Waals surface area contributed by atoms with Gasteiger partial charge in [0.05, 0.1) is 6.26 Å². The predicted molar refractivity (Wildman–Crippen MR) is 69.7 cm³/mol. The van der Waals surface area contributed by atoms with Gasteiger partial charge >= 0.3 is 0 Å². The number of rotatable bonds is 5. The van der Waals surface area contributed by atoms with Gasteiger partial charge < -0.3 is 15.5 Å². The maximum absolute atomic E-state index is 5.77. The third-order valence-corrected chi connectivity index (χ3v) is 2.79. The molecule has 0 aliphatic rings. The highest BCUT2D eigenvalue weighted by atomic mass is 16.3. The van der Waals surface area contributed by atoms with Crippen LogP contribution in [0.1, 0.15) is 16.9 Å². The third kappa shape index (κ3) is 3.36. The van der Waals surface area contributed by atoms with E-state index in [0.29, 0.717) is 0 Å². The average Bonchev–Trinajstić information content (AvgIpc) is 2.82. The minimum Gasteiger partial charge on any atom is -0.469 e. The molecule has 0 aliphatic heterocycles. The van der Waals surface area contributed by atoms with E-state index < -0.39 is 0 Å². The van der Waals surface area contributed by atoms with Gasteiger partial charge in [-0.1, -0.05) is 12.1 Å². The number of benzene rings is 1. The Morgan fingerprint density at radius 1 is 1.29 bits per heavy atom. The normalized spacial score (nSPS) is 10.6. The van der Waals surface area contributed by atoms with Gasteiger partial charge in [0.2, 0.25) is 0 Å². The minimum absolute atomic E-state index is 0.851. The van der Waals surface area contributed by atoms with Crippen LogP contribution in [0.3, 0.4) is 0 Å².